The van der Waals surface area contributed by atoms with Gasteiger partial charge < -0.3 is 14.2 Å². The maximum Gasteiger partial charge on any atom is 0.315 e. The average Bonchev–Trinajstić information content (AvgIpc) is 3.16. The number of hydrogen-bond donors (Lipinski definition) is 0. The molecule has 3 atom stereocenters. The van der Waals surface area contributed by atoms with Gasteiger partial charge in [0, 0.05) is 5.92 Å². The van der Waals surface area contributed by atoms with E-state index in [1.807, 2.05) is 12.1 Å². The van der Waals surface area contributed by atoms with E-state index in [9.17, 15) is 9.59 Å². The fourth-order valence-corrected chi connectivity index (χ4v) is 5.62. The van der Waals surface area contributed by atoms with Crippen LogP contribution in [0.15, 0.2) is 29.3 Å². The molecule has 1 saturated carbocycles. The molecule has 0 heterocycles. The molecule has 3 aliphatic carbocycles. The standard InChI is InChI=1S/C22H26O5/c1-25-14-6-7-15-13(11-14)12-17(20(23)26-2)19-16(15)8-10-22(21(24)27-3)9-4-5-18(19)22/h6-7,11,16-17H,4-5,8-10,12H2,1-3H3/t16-,17-,22-/m1/s1. The summed E-state index contributed by atoms with van der Waals surface area (Å²) in [6.07, 6.45) is 4.85. The van der Waals surface area contributed by atoms with Gasteiger partial charge in [0.15, 0.2) is 0 Å². The normalized spacial score (nSPS) is 28.7. The van der Waals surface area contributed by atoms with Gasteiger partial charge in [0.05, 0.1) is 32.7 Å². The molecule has 0 N–H and O–H groups in total. The number of fused-ring (bicyclic) bond motifs is 4. The smallest absolute Gasteiger partial charge is 0.315 e. The summed E-state index contributed by atoms with van der Waals surface area (Å²) in [7, 11) is 4.55. The van der Waals surface area contributed by atoms with Gasteiger partial charge in [0.1, 0.15) is 5.75 Å². The molecule has 0 radical (unpaired) electrons. The molecule has 144 valence electrons. The second-order valence-electron chi connectivity index (χ2n) is 7.80. The zero-order valence-corrected chi connectivity index (χ0v) is 16.2. The van der Waals surface area contributed by atoms with Gasteiger partial charge in [-0.2, -0.15) is 0 Å². The monoisotopic (exact) mass is 370 g/mol. The highest BCUT2D eigenvalue weighted by molar-refractivity contribution is 5.85. The minimum atomic E-state index is -0.545. The first kappa shape index (κ1) is 18.1. The van der Waals surface area contributed by atoms with E-state index >= 15 is 0 Å². The zero-order chi connectivity index (χ0) is 19.2. The first-order valence-electron chi connectivity index (χ1n) is 9.62. The lowest BCUT2D eigenvalue weighted by Crippen LogP contribution is -2.40. The van der Waals surface area contributed by atoms with Crippen molar-refractivity contribution >= 4 is 11.9 Å². The minimum Gasteiger partial charge on any atom is -0.497 e. The van der Waals surface area contributed by atoms with Crippen molar-refractivity contribution in [2.45, 2.75) is 44.4 Å². The van der Waals surface area contributed by atoms with Crippen LogP contribution in [-0.4, -0.2) is 33.3 Å². The molecular weight excluding hydrogens is 344 g/mol. The number of benzene rings is 1. The summed E-state index contributed by atoms with van der Waals surface area (Å²) >= 11 is 0. The van der Waals surface area contributed by atoms with Gasteiger partial charge in [0.25, 0.3) is 0 Å². The third-order valence-corrected chi connectivity index (χ3v) is 6.78. The van der Waals surface area contributed by atoms with Crippen LogP contribution in [0.1, 0.15) is 49.1 Å². The molecule has 0 bridgehead atoms. The maximum atomic E-state index is 12.7. The average molecular weight is 370 g/mol. The number of carbonyl (C=O) groups is 2. The van der Waals surface area contributed by atoms with Crippen molar-refractivity contribution in [3.63, 3.8) is 0 Å². The Morgan fingerprint density at radius 2 is 1.93 bits per heavy atom. The fourth-order valence-electron chi connectivity index (χ4n) is 5.62. The van der Waals surface area contributed by atoms with Gasteiger partial charge >= 0.3 is 11.9 Å². The van der Waals surface area contributed by atoms with Crippen LogP contribution in [0, 0.1) is 11.3 Å². The lowest BCUT2D eigenvalue weighted by Gasteiger charge is -2.43. The summed E-state index contributed by atoms with van der Waals surface area (Å²) in [5.41, 5.74) is 4.11. The highest BCUT2D eigenvalue weighted by Crippen LogP contribution is 2.59. The molecule has 5 heteroatoms. The van der Waals surface area contributed by atoms with Crippen molar-refractivity contribution in [3.05, 3.63) is 40.5 Å². The first-order chi connectivity index (χ1) is 13.1. The molecular formula is C22H26O5. The molecule has 5 nitrogen and oxygen atoms in total. The van der Waals surface area contributed by atoms with Crippen LogP contribution in [0.2, 0.25) is 0 Å². The number of carbonyl (C=O) groups excluding carboxylic acids is 2. The lowest BCUT2D eigenvalue weighted by molar-refractivity contribution is -0.151. The van der Waals surface area contributed by atoms with E-state index in [0.717, 1.165) is 54.6 Å². The molecule has 4 rings (SSSR count). The van der Waals surface area contributed by atoms with Crippen molar-refractivity contribution in [1.29, 1.82) is 0 Å². The molecule has 27 heavy (non-hydrogen) atoms. The Morgan fingerprint density at radius 3 is 2.63 bits per heavy atom. The highest BCUT2D eigenvalue weighted by Gasteiger charge is 2.53. The van der Waals surface area contributed by atoms with Crippen LogP contribution >= 0.6 is 0 Å². The van der Waals surface area contributed by atoms with Gasteiger partial charge in [-0.3, -0.25) is 9.59 Å². The Kier molecular flexibility index (Phi) is 4.49. The van der Waals surface area contributed by atoms with Crippen LogP contribution in [0.3, 0.4) is 0 Å². The molecule has 1 fully saturated rings. The van der Waals surface area contributed by atoms with E-state index in [0.29, 0.717) is 6.42 Å². The van der Waals surface area contributed by atoms with Crippen LogP contribution < -0.4 is 4.74 Å². The number of hydrogen-bond acceptors (Lipinski definition) is 5. The molecule has 0 aromatic heterocycles. The lowest BCUT2D eigenvalue weighted by atomic mass is 9.60. The second-order valence-corrected chi connectivity index (χ2v) is 7.80. The number of esters is 2. The SMILES string of the molecule is COC(=O)[C@@H]1Cc2cc(OC)ccc2[C@H]2CC[C@]3(C(=O)OC)CCCC3=C12. The van der Waals surface area contributed by atoms with Crippen LogP contribution in [0.4, 0.5) is 0 Å². The Bertz CT molecular complexity index is 824. The quantitative estimate of drug-likeness (QED) is 0.601. The summed E-state index contributed by atoms with van der Waals surface area (Å²) < 4.78 is 15.7. The highest BCUT2D eigenvalue weighted by atomic mass is 16.5. The number of ether oxygens (including phenoxy) is 3. The largest absolute Gasteiger partial charge is 0.497 e. The molecule has 1 aromatic rings. The van der Waals surface area contributed by atoms with Gasteiger partial charge in [-0.05, 0) is 67.4 Å². The summed E-state index contributed by atoms with van der Waals surface area (Å²) in [6.45, 7) is 0. The zero-order valence-electron chi connectivity index (χ0n) is 16.2. The first-order valence-corrected chi connectivity index (χ1v) is 9.62. The Morgan fingerprint density at radius 1 is 1.11 bits per heavy atom. The predicted octanol–water partition coefficient (Wildman–Crippen LogP) is 3.56. The van der Waals surface area contributed by atoms with E-state index in [4.69, 9.17) is 14.2 Å². The van der Waals surface area contributed by atoms with Crippen LogP contribution in [-0.2, 0) is 25.5 Å². The summed E-state index contributed by atoms with van der Waals surface area (Å²) in [4.78, 5) is 25.4. The van der Waals surface area contributed by atoms with E-state index < -0.39 is 5.41 Å². The third kappa shape index (κ3) is 2.59. The van der Waals surface area contributed by atoms with Gasteiger partial charge in [-0.1, -0.05) is 11.6 Å². The van der Waals surface area contributed by atoms with Crippen molar-refractivity contribution < 1.29 is 23.8 Å². The van der Waals surface area contributed by atoms with Crippen molar-refractivity contribution in [2.24, 2.45) is 11.3 Å². The maximum absolute atomic E-state index is 12.7. The van der Waals surface area contributed by atoms with Crippen molar-refractivity contribution in [1.82, 2.24) is 0 Å². The van der Waals surface area contributed by atoms with Crippen LogP contribution in [0.25, 0.3) is 0 Å². The van der Waals surface area contributed by atoms with Crippen molar-refractivity contribution in [3.8, 4) is 5.75 Å². The molecule has 3 aliphatic rings. The molecule has 0 unspecified atom stereocenters. The van der Waals surface area contributed by atoms with Crippen LogP contribution in [0.5, 0.6) is 5.75 Å². The Hall–Kier alpha value is -2.30. The summed E-state index contributed by atoms with van der Waals surface area (Å²) in [6, 6.07) is 6.13. The van der Waals surface area contributed by atoms with Gasteiger partial charge in [-0.25, -0.2) is 0 Å². The van der Waals surface area contributed by atoms with Gasteiger partial charge in [-0.15, -0.1) is 0 Å². The number of rotatable bonds is 3. The van der Waals surface area contributed by atoms with Crippen molar-refractivity contribution in [2.75, 3.05) is 21.3 Å². The topological polar surface area (TPSA) is 61.8 Å². The Labute approximate surface area is 159 Å². The van der Waals surface area contributed by atoms with E-state index in [-0.39, 0.29) is 23.8 Å². The fraction of sp³-hybridized carbons (Fsp3) is 0.545. The molecule has 0 spiro atoms. The summed E-state index contributed by atoms with van der Waals surface area (Å²) in [5, 5.41) is 0. The summed E-state index contributed by atoms with van der Waals surface area (Å²) in [5.74, 6) is 0.259. The second kappa shape index (κ2) is 6.70. The Balaban J connectivity index is 1.90. The van der Waals surface area contributed by atoms with E-state index in [1.165, 1.54) is 19.8 Å². The molecule has 1 aromatic carbocycles. The number of methoxy groups -OCH3 is 3. The minimum absolute atomic E-state index is 0.148. The third-order valence-electron chi connectivity index (χ3n) is 6.78. The predicted molar refractivity (Wildman–Crippen MR) is 99.5 cm³/mol. The van der Waals surface area contributed by atoms with E-state index in [2.05, 4.69) is 6.07 Å². The molecule has 0 amide bonds. The van der Waals surface area contributed by atoms with E-state index in [1.54, 1.807) is 7.11 Å². The molecule has 0 aliphatic heterocycles. The molecule has 0 saturated heterocycles. The van der Waals surface area contributed by atoms with Gasteiger partial charge in [0.2, 0.25) is 0 Å².